The van der Waals surface area contributed by atoms with Gasteiger partial charge in [0.1, 0.15) is 10.4 Å². The van der Waals surface area contributed by atoms with E-state index in [1.807, 2.05) is 0 Å². The molecule has 8 heteroatoms. The number of thiophene rings is 1. The van der Waals surface area contributed by atoms with Crippen molar-refractivity contribution >= 4 is 44.1 Å². The van der Waals surface area contributed by atoms with E-state index in [2.05, 4.69) is 17.2 Å². The van der Waals surface area contributed by atoms with Gasteiger partial charge >= 0.3 is 5.63 Å². The first-order valence-electron chi connectivity index (χ1n) is 10.2. The summed E-state index contributed by atoms with van der Waals surface area (Å²) in [6.07, 6.45) is 4.54. The van der Waals surface area contributed by atoms with Crippen LogP contribution in [0.2, 0.25) is 0 Å². The van der Waals surface area contributed by atoms with Gasteiger partial charge in [-0.1, -0.05) is 6.92 Å². The summed E-state index contributed by atoms with van der Waals surface area (Å²) in [5.74, 6) is 0.414. The Labute approximate surface area is 181 Å². The number of amides is 1. The second kappa shape index (κ2) is 7.46. The molecule has 7 nitrogen and oxygen atoms in total. The van der Waals surface area contributed by atoms with Gasteiger partial charge in [-0.2, -0.15) is 0 Å². The molecule has 0 aliphatic heterocycles. The van der Waals surface area contributed by atoms with Gasteiger partial charge in [0.25, 0.3) is 5.56 Å². The number of aryl methyl sites for hydroxylation is 1. The van der Waals surface area contributed by atoms with E-state index in [9.17, 15) is 14.4 Å². The Bertz CT molecular complexity index is 1460. The fourth-order valence-corrected chi connectivity index (χ4v) is 5.64. The monoisotopic (exact) mass is 435 g/mol. The average molecular weight is 436 g/mol. The molecule has 0 fully saturated rings. The van der Waals surface area contributed by atoms with Gasteiger partial charge in [0.15, 0.2) is 0 Å². The first kappa shape index (κ1) is 19.7. The highest BCUT2D eigenvalue weighted by atomic mass is 32.1. The molecule has 3 aromatic heterocycles. The summed E-state index contributed by atoms with van der Waals surface area (Å²) >= 11 is 1.62. The van der Waals surface area contributed by atoms with Gasteiger partial charge in [0, 0.05) is 35.0 Å². The molecular weight excluding hydrogens is 414 g/mol. The Morgan fingerprint density at radius 1 is 1.32 bits per heavy atom. The van der Waals surface area contributed by atoms with E-state index < -0.39 is 5.63 Å². The quantitative estimate of drug-likeness (QED) is 0.495. The molecule has 1 N–H and O–H groups in total. The topological polar surface area (TPSA) is 94.2 Å². The molecule has 1 aromatic carbocycles. The first-order valence-corrected chi connectivity index (χ1v) is 11.0. The highest BCUT2D eigenvalue weighted by Gasteiger charge is 2.23. The zero-order chi connectivity index (χ0) is 21.7. The normalized spacial score (nSPS) is 15.9. The van der Waals surface area contributed by atoms with Gasteiger partial charge in [-0.15, -0.1) is 11.3 Å². The van der Waals surface area contributed by atoms with Crippen molar-refractivity contribution in [1.29, 1.82) is 0 Å². The molecular formula is C23H21N3O4S. The molecule has 0 radical (unpaired) electrons. The minimum absolute atomic E-state index is 0.0756. The van der Waals surface area contributed by atoms with Crippen molar-refractivity contribution < 1.29 is 9.21 Å². The molecule has 0 saturated heterocycles. The van der Waals surface area contributed by atoms with Crippen LogP contribution < -0.4 is 16.5 Å². The molecule has 0 spiro atoms. The fraction of sp³-hybridized carbons (Fsp3) is 0.304. The third-order valence-electron chi connectivity index (χ3n) is 5.77. The molecule has 0 saturated carbocycles. The molecule has 5 rings (SSSR count). The SMILES string of the molecule is CC(=O)Nc1ccc2c(Cn3cnc4sc5c(c4c3=O)CCC(C)C5)cc(=O)oc2c1. The van der Waals surface area contributed by atoms with Crippen LogP contribution in [0.1, 0.15) is 36.3 Å². The zero-order valence-corrected chi connectivity index (χ0v) is 18.0. The number of rotatable bonds is 3. The highest BCUT2D eigenvalue weighted by Crippen LogP contribution is 2.35. The van der Waals surface area contributed by atoms with Crippen LogP contribution in [0.15, 0.2) is 44.6 Å². The van der Waals surface area contributed by atoms with E-state index in [1.54, 1.807) is 40.4 Å². The number of hydrogen-bond acceptors (Lipinski definition) is 6. The first-order chi connectivity index (χ1) is 14.9. The Morgan fingerprint density at radius 2 is 2.16 bits per heavy atom. The third kappa shape index (κ3) is 3.57. The molecule has 1 unspecified atom stereocenters. The van der Waals surface area contributed by atoms with Gasteiger partial charge < -0.3 is 9.73 Å². The van der Waals surface area contributed by atoms with Crippen molar-refractivity contribution in [2.45, 2.75) is 39.7 Å². The Balaban J connectivity index is 1.59. The lowest BCUT2D eigenvalue weighted by Crippen LogP contribution is -2.22. The van der Waals surface area contributed by atoms with E-state index in [1.165, 1.54) is 17.9 Å². The van der Waals surface area contributed by atoms with E-state index in [4.69, 9.17) is 4.42 Å². The number of hydrogen-bond donors (Lipinski definition) is 1. The molecule has 1 aliphatic rings. The second-order valence-corrected chi connectivity index (χ2v) is 9.28. The lowest BCUT2D eigenvalue weighted by Gasteiger charge is -2.17. The van der Waals surface area contributed by atoms with Crippen molar-refractivity contribution in [2.24, 2.45) is 5.92 Å². The lowest BCUT2D eigenvalue weighted by molar-refractivity contribution is -0.114. The van der Waals surface area contributed by atoms with Crippen LogP contribution in [0.25, 0.3) is 21.2 Å². The summed E-state index contributed by atoms with van der Waals surface area (Å²) < 4.78 is 6.89. The molecule has 31 heavy (non-hydrogen) atoms. The molecule has 0 bridgehead atoms. The van der Waals surface area contributed by atoms with Crippen LogP contribution in [-0.2, 0) is 24.2 Å². The van der Waals surface area contributed by atoms with Crippen molar-refractivity contribution in [3.63, 3.8) is 0 Å². The molecule has 4 aromatic rings. The van der Waals surface area contributed by atoms with Gasteiger partial charge in [-0.3, -0.25) is 14.2 Å². The number of carbonyl (C=O) groups is 1. The molecule has 1 atom stereocenters. The summed E-state index contributed by atoms with van der Waals surface area (Å²) in [6, 6.07) is 6.54. The molecule has 3 heterocycles. The number of carbonyl (C=O) groups excluding carboxylic acids is 1. The maximum atomic E-state index is 13.3. The van der Waals surface area contributed by atoms with Gasteiger partial charge in [0.05, 0.1) is 18.3 Å². The summed E-state index contributed by atoms with van der Waals surface area (Å²) in [4.78, 5) is 43.4. The Kier molecular flexibility index (Phi) is 4.74. The van der Waals surface area contributed by atoms with Gasteiger partial charge in [-0.05, 0) is 48.4 Å². The van der Waals surface area contributed by atoms with Crippen LogP contribution >= 0.6 is 11.3 Å². The third-order valence-corrected chi connectivity index (χ3v) is 6.94. The largest absolute Gasteiger partial charge is 0.423 e. The van der Waals surface area contributed by atoms with Crippen molar-refractivity contribution in [3.8, 4) is 0 Å². The minimum Gasteiger partial charge on any atom is -0.423 e. The summed E-state index contributed by atoms with van der Waals surface area (Å²) in [5, 5.41) is 4.11. The maximum Gasteiger partial charge on any atom is 0.336 e. The zero-order valence-electron chi connectivity index (χ0n) is 17.2. The summed E-state index contributed by atoms with van der Waals surface area (Å²) in [7, 11) is 0. The van der Waals surface area contributed by atoms with Gasteiger partial charge in [-0.25, -0.2) is 9.78 Å². The number of fused-ring (bicyclic) bond motifs is 4. The van der Waals surface area contributed by atoms with Crippen LogP contribution in [-0.4, -0.2) is 15.5 Å². The Morgan fingerprint density at radius 3 is 2.97 bits per heavy atom. The van der Waals surface area contributed by atoms with Crippen LogP contribution in [0, 0.1) is 5.92 Å². The van der Waals surface area contributed by atoms with Crippen LogP contribution in [0.3, 0.4) is 0 Å². The summed E-state index contributed by atoms with van der Waals surface area (Å²) in [5.41, 5.74) is 2.13. The maximum absolute atomic E-state index is 13.3. The smallest absolute Gasteiger partial charge is 0.336 e. The van der Waals surface area contributed by atoms with E-state index >= 15 is 0 Å². The number of aromatic nitrogens is 2. The van der Waals surface area contributed by atoms with Crippen LogP contribution in [0.4, 0.5) is 5.69 Å². The molecule has 158 valence electrons. The lowest BCUT2D eigenvalue weighted by atomic mass is 9.89. The summed E-state index contributed by atoms with van der Waals surface area (Å²) in [6.45, 7) is 3.86. The fourth-order valence-electron chi connectivity index (χ4n) is 4.30. The standard InChI is InChI=1S/C23H21N3O4S/c1-12-3-5-17-19(7-12)31-22-21(17)23(29)26(11-24-22)10-14-8-20(28)30-18-9-15(25-13(2)27)4-6-16(14)18/h4,6,8-9,11-12H,3,5,7,10H2,1-2H3,(H,25,27). The van der Waals surface area contributed by atoms with E-state index in [0.717, 1.165) is 35.0 Å². The number of nitrogens with one attached hydrogen (secondary N) is 1. The van der Waals surface area contributed by atoms with Crippen molar-refractivity contribution in [2.75, 3.05) is 5.32 Å². The molecule has 1 aliphatic carbocycles. The van der Waals surface area contributed by atoms with Crippen LogP contribution in [0.5, 0.6) is 0 Å². The van der Waals surface area contributed by atoms with Crippen molar-refractivity contribution in [1.82, 2.24) is 9.55 Å². The number of nitrogens with zero attached hydrogens (tertiary/aromatic N) is 2. The molecule has 1 amide bonds. The van der Waals surface area contributed by atoms with E-state index in [0.29, 0.717) is 28.1 Å². The second-order valence-electron chi connectivity index (χ2n) is 8.19. The number of benzene rings is 1. The highest BCUT2D eigenvalue weighted by molar-refractivity contribution is 7.18. The average Bonchev–Trinajstić information content (AvgIpc) is 3.07. The van der Waals surface area contributed by atoms with Crippen molar-refractivity contribution in [3.05, 3.63) is 67.4 Å². The number of anilines is 1. The minimum atomic E-state index is -0.508. The van der Waals surface area contributed by atoms with E-state index in [-0.39, 0.29) is 18.0 Å². The predicted octanol–water partition coefficient (Wildman–Crippen LogP) is 3.70. The predicted molar refractivity (Wildman–Crippen MR) is 121 cm³/mol. The Hall–Kier alpha value is -3.26. The van der Waals surface area contributed by atoms with Gasteiger partial charge in [0.2, 0.25) is 5.91 Å².